The van der Waals surface area contributed by atoms with Crippen LogP contribution in [0.4, 0.5) is 0 Å². The second kappa shape index (κ2) is 4.99. The number of nitrogens with one attached hydrogen (secondary N) is 1. The average molecular weight is 183 g/mol. The molecule has 1 aromatic rings. The molecule has 4 heteroatoms. The summed E-state index contributed by atoms with van der Waals surface area (Å²) in [5.41, 5.74) is 1.18. The van der Waals surface area contributed by atoms with Crippen LogP contribution in [0.2, 0.25) is 0 Å². The Kier molecular flexibility index (Phi) is 3.92. The van der Waals surface area contributed by atoms with Crippen LogP contribution in [-0.2, 0) is 18.3 Å². The van der Waals surface area contributed by atoms with Gasteiger partial charge >= 0.3 is 0 Å². The van der Waals surface area contributed by atoms with Crippen molar-refractivity contribution < 1.29 is 4.74 Å². The van der Waals surface area contributed by atoms with E-state index in [9.17, 15) is 0 Å². The number of hydrogen-bond donors (Lipinski definition) is 1. The summed E-state index contributed by atoms with van der Waals surface area (Å²) in [6.45, 7) is 3.67. The molecule has 0 saturated carbocycles. The Morgan fingerprint density at radius 1 is 1.69 bits per heavy atom. The summed E-state index contributed by atoms with van der Waals surface area (Å²) in [6.07, 6.45) is 3.67. The molecule has 0 aliphatic rings. The summed E-state index contributed by atoms with van der Waals surface area (Å²) in [5.74, 6) is 0. The number of imidazole rings is 1. The molecule has 1 heterocycles. The van der Waals surface area contributed by atoms with Crippen LogP contribution in [0.1, 0.15) is 12.6 Å². The third-order valence-corrected chi connectivity index (χ3v) is 1.96. The predicted octanol–water partition coefficient (Wildman–Crippen LogP) is 0.545. The summed E-state index contributed by atoms with van der Waals surface area (Å²) in [4.78, 5) is 4.04. The number of ether oxygens (including phenoxy) is 1. The minimum Gasteiger partial charge on any atom is -0.383 e. The molecule has 1 unspecified atom stereocenters. The number of rotatable bonds is 5. The third kappa shape index (κ3) is 3.16. The minimum absolute atomic E-state index is 0.375. The van der Waals surface area contributed by atoms with E-state index in [2.05, 4.69) is 17.2 Å². The zero-order valence-corrected chi connectivity index (χ0v) is 8.45. The maximum atomic E-state index is 5.02. The van der Waals surface area contributed by atoms with Crippen molar-refractivity contribution in [3.63, 3.8) is 0 Å². The Hall–Kier alpha value is -0.870. The predicted molar refractivity (Wildman–Crippen MR) is 51.4 cm³/mol. The number of aryl methyl sites for hydroxylation is 1. The van der Waals surface area contributed by atoms with Gasteiger partial charge in [0.2, 0.25) is 0 Å². The SMILES string of the molecule is COCC(C)NCc1cncn1C. The van der Waals surface area contributed by atoms with Gasteiger partial charge in [-0.25, -0.2) is 4.98 Å². The highest BCUT2D eigenvalue weighted by atomic mass is 16.5. The first-order chi connectivity index (χ1) is 6.24. The number of hydrogen-bond acceptors (Lipinski definition) is 3. The van der Waals surface area contributed by atoms with Gasteiger partial charge in [0.05, 0.1) is 18.6 Å². The summed E-state index contributed by atoms with van der Waals surface area (Å²) < 4.78 is 7.03. The molecule has 4 nitrogen and oxygen atoms in total. The molecule has 0 saturated heterocycles. The van der Waals surface area contributed by atoms with Gasteiger partial charge < -0.3 is 14.6 Å². The van der Waals surface area contributed by atoms with Gasteiger partial charge in [0.25, 0.3) is 0 Å². The number of nitrogens with zero attached hydrogens (tertiary/aromatic N) is 2. The van der Waals surface area contributed by atoms with Crippen molar-refractivity contribution in [3.8, 4) is 0 Å². The van der Waals surface area contributed by atoms with Crippen LogP contribution in [0.25, 0.3) is 0 Å². The van der Waals surface area contributed by atoms with Gasteiger partial charge in [0.1, 0.15) is 0 Å². The van der Waals surface area contributed by atoms with Crippen molar-refractivity contribution in [2.45, 2.75) is 19.5 Å². The van der Waals surface area contributed by atoms with Crippen LogP contribution >= 0.6 is 0 Å². The van der Waals surface area contributed by atoms with Gasteiger partial charge in [0, 0.05) is 32.9 Å². The highest BCUT2D eigenvalue weighted by Gasteiger charge is 2.02. The van der Waals surface area contributed by atoms with Crippen molar-refractivity contribution in [2.75, 3.05) is 13.7 Å². The van der Waals surface area contributed by atoms with Gasteiger partial charge in [-0.2, -0.15) is 0 Å². The van der Waals surface area contributed by atoms with E-state index in [0.717, 1.165) is 13.2 Å². The van der Waals surface area contributed by atoms with Crippen LogP contribution in [-0.4, -0.2) is 29.3 Å². The molecule has 1 rings (SSSR count). The van der Waals surface area contributed by atoms with Gasteiger partial charge in [0.15, 0.2) is 0 Å². The van der Waals surface area contributed by atoms with Gasteiger partial charge in [-0.3, -0.25) is 0 Å². The van der Waals surface area contributed by atoms with Crippen molar-refractivity contribution >= 4 is 0 Å². The van der Waals surface area contributed by atoms with Gasteiger partial charge in [-0.15, -0.1) is 0 Å². The lowest BCUT2D eigenvalue weighted by atomic mass is 10.3. The fraction of sp³-hybridized carbons (Fsp3) is 0.667. The minimum atomic E-state index is 0.375. The second-order valence-electron chi connectivity index (χ2n) is 3.23. The normalized spacial score (nSPS) is 13.2. The Balaban J connectivity index is 2.30. The molecule has 0 aromatic carbocycles. The fourth-order valence-electron chi connectivity index (χ4n) is 1.14. The molecule has 0 aliphatic carbocycles. The Labute approximate surface area is 78.9 Å². The summed E-state index contributed by atoms with van der Waals surface area (Å²) in [6, 6.07) is 0.375. The average Bonchev–Trinajstić information content (AvgIpc) is 2.48. The lowest BCUT2D eigenvalue weighted by Crippen LogP contribution is -2.30. The quantitative estimate of drug-likeness (QED) is 0.724. The van der Waals surface area contributed by atoms with E-state index in [1.165, 1.54) is 5.69 Å². The first kappa shape index (κ1) is 10.2. The lowest BCUT2D eigenvalue weighted by Gasteiger charge is -2.12. The summed E-state index contributed by atoms with van der Waals surface area (Å²) >= 11 is 0. The van der Waals surface area contributed by atoms with E-state index in [1.807, 2.05) is 17.8 Å². The van der Waals surface area contributed by atoms with E-state index in [-0.39, 0.29) is 0 Å². The first-order valence-corrected chi connectivity index (χ1v) is 4.41. The molecule has 1 aromatic heterocycles. The van der Waals surface area contributed by atoms with E-state index in [0.29, 0.717) is 6.04 Å². The number of aromatic nitrogens is 2. The van der Waals surface area contributed by atoms with E-state index in [1.54, 1.807) is 13.4 Å². The second-order valence-corrected chi connectivity index (χ2v) is 3.23. The van der Waals surface area contributed by atoms with Crippen LogP contribution in [0.3, 0.4) is 0 Å². The zero-order chi connectivity index (χ0) is 9.68. The molecule has 1 N–H and O–H groups in total. The van der Waals surface area contributed by atoms with Crippen LogP contribution < -0.4 is 5.32 Å². The Morgan fingerprint density at radius 2 is 2.46 bits per heavy atom. The maximum Gasteiger partial charge on any atom is 0.0945 e. The molecule has 74 valence electrons. The molecule has 0 bridgehead atoms. The highest BCUT2D eigenvalue weighted by molar-refractivity contribution is 4.96. The fourth-order valence-corrected chi connectivity index (χ4v) is 1.14. The molecule has 0 fully saturated rings. The monoisotopic (exact) mass is 183 g/mol. The van der Waals surface area contributed by atoms with Gasteiger partial charge in [-0.1, -0.05) is 0 Å². The topological polar surface area (TPSA) is 39.1 Å². The standard InChI is InChI=1S/C9H17N3O/c1-8(6-13-3)11-5-9-4-10-7-12(9)2/h4,7-8,11H,5-6H2,1-3H3. The molecule has 0 aliphatic heterocycles. The third-order valence-electron chi connectivity index (χ3n) is 1.96. The van der Waals surface area contributed by atoms with Crippen molar-refractivity contribution in [1.82, 2.24) is 14.9 Å². The first-order valence-electron chi connectivity index (χ1n) is 4.41. The Morgan fingerprint density at radius 3 is 3.00 bits per heavy atom. The van der Waals surface area contributed by atoms with E-state index in [4.69, 9.17) is 4.74 Å². The molecule has 13 heavy (non-hydrogen) atoms. The summed E-state index contributed by atoms with van der Waals surface area (Å²) in [5, 5.41) is 3.34. The van der Waals surface area contributed by atoms with E-state index >= 15 is 0 Å². The lowest BCUT2D eigenvalue weighted by molar-refractivity contribution is 0.171. The number of methoxy groups -OCH3 is 1. The van der Waals surface area contributed by atoms with Crippen LogP contribution in [0.5, 0.6) is 0 Å². The largest absolute Gasteiger partial charge is 0.383 e. The Bertz CT molecular complexity index is 247. The van der Waals surface area contributed by atoms with Crippen molar-refractivity contribution in [3.05, 3.63) is 18.2 Å². The zero-order valence-electron chi connectivity index (χ0n) is 8.45. The maximum absolute atomic E-state index is 5.02. The van der Waals surface area contributed by atoms with Crippen molar-refractivity contribution in [2.24, 2.45) is 7.05 Å². The molecule has 0 spiro atoms. The van der Waals surface area contributed by atoms with Crippen LogP contribution in [0.15, 0.2) is 12.5 Å². The van der Waals surface area contributed by atoms with Crippen molar-refractivity contribution in [1.29, 1.82) is 0 Å². The smallest absolute Gasteiger partial charge is 0.0945 e. The molecule has 0 radical (unpaired) electrons. The molecule has 0 amide bonds. The molecular formula is C9H17N3O. The summed E-state index contributed by atoms with van der Waals surface area (Å²) in [7, 11) is 3.70. The van der Waals surface area contributed by atoms with Crippen LogP contribution in [0, 0.1) is 0 Å². The van der Waals surface area contributed by atoms with E-state index < -0.39 is 0 Å². The molecular weight excluding hydrogens is 166 g/mol. The van der Waals surface area contributed by atoms with Gasteiger partial charge in [-0.05, 0) is 6.92 Å². The highest BCUT2D eigenvalue weighted by Crippen LogP contribution is 1.96. The molecule has 1 atom stereocenters.